The lowest BCUT2D eigenvalue weighted by Gasteiger charge is -2.32. The van der Waals surface area contributed by atoms with Gasteiger partial charge in [-0.25, -0.2) is 21.7 Å². The van der Waals surface area contributed by atoms with Crippen LogP contribution in [0.4, 0.5) is 23.2 Å². The molecule has 2 aromatic rings. The summed E-state index contributed by atoms with van der Waals surface area (Å²) in [5.41, 5.74) is -4.39. The number of amides is 1. The number of rotatable bonds is 7. The summed E-state index contributed by atoms with van der Waals surface area (Å²) in [5, 5.41) is 11.2. The molecular formula is C22H23F4N3O4S2. The summed E-state index contributed by atoms with van der Waals surface area (Å²) in [6, 6.07) is 7.72. The molecule has 2 aromatic carbocycles. The molecule has 35 heavy (non-hydrogen) atoms. The second kappa shape index (κ2) is 10.0. The molecule has 0 aromatic heterocycles. The van der Waals surface area contributed by atoms with Gasteiger partial charge in [-0.2, -0.15) is 18.4 Å². The van der Waals surface area contributed by atoms with Crippen LogP contribution in [0.2, 0.25) is 0 Å². The van der Waals surface area contributed by atoms with Gasteiger partial charge in [0.1, 0.15) is 11.4 Å². The maximum atomic E-state index is 13.3. The zero-order valence-corrected chi connectivity index (χ0v) is 20.8. The Hall–Kier alpha value is -2.82. The largest absolute Gasteiger partial charge is 0.417 e. The van der Waals surface area contributed by atoms with Crippen LogP contribution in [0.25, 0.3) is 0 Å². The summed E-state index contributed by atoms with van der Waals surface area (Å²) in [7, 11) is -6.21. The van der Waals surface area contributed by atoms with Crippen molar-refractivity contribution in [2.45, 2.75) is 49.1 Å². The third-order valence-electron chi connectivity index (χ3n) is 4.73. The molecule has 0 saturated heterocycles. The SMILES string of the molecule is CC(C)(C)[S@@](=O)N[C@@](C)(CS(=O)(=O)c1ccc(F)cc1)C(=O)Nc1ccc(C#N)c(C(F)(F)F)c1. The summed E-state index contributed by atoms with van der Waals surface area (Å²) >= 11 is 0. The van der Waals surface area contributed by atoms with Gasteiger partial charge >= 0.3 is 6.18 Å². The second-order valence-electron chi connectivity index (χ2n) is 8.85. The van der Waals surface area contributed by atoms with Crippen molar-refractivity contribution in [3.63, 3.8) is 0 Å². The van der Waals surface area contributed by atoms with Crippen molar-refractivity contribution in [2.24, 2.45) is 0 Å². The van der Waals surface area contributed by atoms with Crippen LogP contribution in [0.5, 0.6) is 0 Å². The minimum atomic E-state index is -4.88. The van der Waals surface area contributed by atoms with Gasteiger partial charge in [-0.1, -0.05) is 0 Å². The van der Waals surface area contributed by atoms with Crippen molar-refractivity contribution in [2.75, 3.05) is 11.1 Å². The number of benzene rings is 2. The number of carbonyl (C=O) groups excluding carboxylic acids is 1. The molecule has 0 aliphatic carbocycles. The van der Waals surface area contributed by atoms with Crippen LogP contribution in [0.15, 0.2) is 47.4 Å². The Morgan fingerprint density at radius 2 is 1.63 bits per heavy atom. The summed E-state index contributed by atoms with van der Waals surface area (Å²) in [6.07, 6.45) is -4.88. The molecule has 0 fully saturated rings. The molecule has 190 valence electrons. The van der Waals surface area contributed by atoms with E-state index in [1.54, 1.807) is 20.8 Å². The third-order valence-corrected chi connectivity index (χ3v) is 8.43. The molecule has 2 rings (SSSR count). The van der Waals surface area contributed by atoms with Gasteiger partial charge in [-0.05, 0) is 70.2 Å². The Morgan fingerprint density at radius 1 is 1.06 bits per heavy atom. The molecule has 0 bridgehead atoms. The minimum absolute atomic E-state index is 0.306. The van der Waals surface area contributed by atoms with Crippen molar-refractivity contribution in [1.82, 2.24) is 4.72 Å². The number of hydrogen-bond donors (Lipinski definition) is 2. The Kier molecular flexibility index (Phi) is 8.15. The molecule has 0 saturated carbocycles. The predicted molar refractivity (Wildman–Crippen MR) is 123 cm³/mol. The molecule has 13 heteroatoms. The lowest BCUT2D eigenvalue weighted by atomic mass is 10.0. The standard InChI is InChI=1S/C22H23F4N3O4S2/c1-20(2,3)34(31)29-21(4,13-35(32,33)17-9-6-15(23)7-10-17)19(30)28-16-8-5-14(12-27)18(11-16)22(24,25)26/h5-11,29H,13H2,1-4H3,(H,28,30)/t21-,34+/m0/s1. The number of carbonyl (C=O) groups is 1. The molecule has 0 unspecified atom stereocenters. The average Bonchev–Trinajstić information content (AvgIpc) is 2.72. The summed E-state index contributed by atoms with van der Waals surface area (Å²) in [4.78, 5) is 12.9. The van der Waals surface area contributed by atoms with E-state index in [0.29, 0.717) is 6.07 Å². The summed E-state index contributed by atoms with van der Waals surface area (Å²) in [5.74, 6) is -2.71. The highest BCUT2D eigenvalue weighted by Crippen LogP contribution is 2.34. The van der Waals surface area contributed by atoms with E-state index >= 15 is 0 Å². The van der Waals surface area contributed by atoms with Gasteiger partial charge < -0.3 is 5.32 Å². The van der Waals surface area contributed by atoms with Gasteiger partial charge in [0.15, 0.2) is 9.84 Å². The molecule has 0 aliphatic heterocycles. The molecule has 0 radical (unpaired) electrons. The molecule has 0 heterocycles. The van der Waals surface area contributed by atoms with E-state index < -0.39 is 65.9 Å². The number of halogens is 4. The highest BCUT2D eigenvalue weighted by atomic mass is 32.2. The lowest BCUT2D eigenvalue weighted by Crippen LogP contribution is -2.59. The topological polar surface area (TPSA) is 116 Å². The number of nitrogens with one attached hydrogen (secondary N) is 2. The van der Waals surface area contributed by atoms with Crippen LogP contribution >= 0.6 is 0 Å². The molecule has 7 nitrogen and oxygen atoms in total. The first-order chi connectivity index (χ1) is 15.9. The fourth-order valence-corrected chi connectivity index (χ4v) is 5.48. The number of anilines is 1. The molecule has 2 atom stereocenters. The Labute approximate surface area is 203 Å². The van der Waals surface area contributed by atoms with Gasteiger partial charge in [0.05, 0.1) is 43.6 Å². The van der Waals surface area contributed by atoms with Gasteiger partial charge in [0.25, 0.3) is 0 Å². The minimum Gasteiger partial charge on any atom is -0.324 e. The van der Waals surface area contributed by atoms with Crippen molar-refractivity contribution in [3.8, 4) is 6.07 Å². The van der Waals surface area contributed by atoms with Crippen LogP contribution < -0.4 is 10.0 Å². The predicted octanol–water partition coefficient (Wildman–Crippen LogP) is 3.94. The zero-order valence-electron chi connectivity index (χ0n) is 19.2. The Balaban J connectivity index is 2.49. The van der Waals surface area contributed by atoms with Crippen LogP contribution in [-0.2, 0) is 31.8 Å². The number of alkyl halides is 3. The first-order valence-electron chi connectivity index (χ1n) is 10.00. The fraction of sp³-hybridized carbons (Fsp3) is 0.364. The number of nitriles is 1. The van der Waals surface area contributed by atoms with Gasteiger partial charge in [0.2, 0.25) is 5.91 Å². The van der Waals surface area contributed by atoms with E-state index in [1.807, 2.05) is 0 Å². The quantitative estimate of drug-likeness (QED) is 0.413. The molecule has 1 amide bonds. The second-order valence-corrected chi connectivity index (χ2v) is 12.8. The molecular weight excluding hydrogens is 510 g/mol. The van der Waals surface area contributed by atoms with Crippen molar-refractivity contribution in [3.05, 3.63) is 59.4 Å². The van der Waals surface area contributed by atoms with Crippen LogP contribution in [-0.4, -0.2) is 34.6 Å². The van der Waals surface area contributed by atoms with Crippen LogP contribution in [0.3, 0.4) is 0 Å². The molecule has 2 N–H and O–H groups in total. The summed E-state index contributed by atoms with van der Waals surface area (Å²) < 4.78 is 93.5. The fourth-order valence-electron chi connectivity index (χ4n) is 2.83. The van der Waals surface area contributed by atoms with Gasteiger partial charge in [-0.3, -0.25) is 4.79 Å². The highest BCUT2D eigenvalue weighted by molar-refractivity contribution is 7.91. The van der Waals surface area contributed by atoms with Crippen LogP contribution in [0, 0.1) is 17.1 Å². The number of nitrogens with zero attached hydrogens (tertiary/aromatic N) is 1. The van der Waals surface area contributed by atoms with E-state index in [9.17, 15) is 35.0 Å². The maximum absolute atomic E-state index is 13.3. The monoisotopic (exact) mass is 533 g/mol. The van der Waals surface area contributed by atoms with E-state index in [0.717, 1.165) is 43.3 Å². The van der Waals surface area contributed by atoms with E-state index in [-0.39, 0.29) is 10.6 Å². The third kappa shape index (κ3) is 7.09. The Morgan fingerprint density at radius 3 is 2.11 bits per heavy atom. The molecule has 0 spiro atoms. The maximum Gasteiger partial charge on any atom is 0.417 e. The number of sulfone groups is 1. The Bertz CT molecular complexity index is 1280. The summed E-state index contributed by atoms with van der Waals surface area (Å²) in [6.45, 7) is 5.85. The zero-order chi connectivity index (χ0) is 26.8. The van der Waals surface area contributed by atoms with Crippen molar-refractivity contribution in [1.29, 1.82) is 5.26 Å². The normalized spacial score (nSPS) is 15.1. The average molecular weight is 534 g/mol. The van der Waals surface area contributed by atoms with Gasteiger partial charge in [0, 0.05) is 5.69 Å². The van der Waals surface area contributed by atoms with E-state index in [4.69, 9.17) is 5.26 Å². The molecule has 0 aliphatic rings. The van der Waals surface area contributed by atoms with Crippen molar-refractivity contribution < 1.29 is 35.0 Å². The number of hydrogen-bond acceptors (Lipinski definition) is 5. The first kappa shape index (κ1) is 28.4. The first-order valence-corrected chi connectivity index (χ1v) is 12.8. The van der Waals surface area contributed by atoms with E-state index in [2.05, 4.69) is 10.0 Å². The highest BCUT2D eigenvalue weighted by Gasteiger charge is 2.42. The smallest absolute Gasteiger partial charge is 0.324 e. The van der Waals surface area contributed by atoms with Gasteiger partial charge in [-0.15, -0.1) is 0 Å². The van der Waals surface area contributed by atoms with E-state index in [1.165, 1.54) is 6.07 Å². The lowest BCUT2D eigenvalue weighted by molar-refractivity contribution is -0.137. The van der Waals surface area contributed by atoms with Crippen molar-refractivity contribution >= 4 is 32.4 Å². The van der Waals surface area contributed by atoms with Crippen LogP contribution in [0.1, 0.15) is 38.8 Å².